The van der Waals surface area contributed by atoms with Crippen molar-refractivity contribution in [1.29, 1.82) is 0 Å². The Morgan fingerprint density at radius 3 is 2.47 bits per heavy atom. The Labute approximate surface area is 198 Å². The first-order chi connectivity index (χ1) is 16.0. The van der Waals surface area contributed by atoms with Crippen molar-refractivity contribution in [2.75, 3.05) is 5.32 Å². The van der Waals surface area contributed by atoms with E-state index in [0.29, 0.717) is 22.1 Å². The molecular weight excluding hydrogens is 498 g/mol. The van der Waals surface area contributed by atoms with Crippen molar-refractivity contribution >= 4 is 50.7 Å². The molecule has 0 atom stereocenters. The Morgan fingerprint density at radius 1 is 1.24 bits per heavy atom. The second kappa shape index (κ2) is 8.69. The van der Waals surface area contributed by atoms with E-state index in [1.807, 2.05) is 0 Å². The number of nitrogens with zero attached hydrogens (tertiary/aromatic N) is 3. The predicted octanol–water partition coefficient (Wildman–Crippen LogP) is 5.02. The Balaban J connectivity index is 1.90. The van der Waals surface area contributed by atoms with Crippen LogP contribution in [0, 0.1) is 12.7 Å². The van der Waals surface area contributed by atoms with Gasteiger partial charge in [-0.1, -0.05) is 23.7 Å². The quantitative estimate of drug-likeness (QED) is 0.367. The van der Waals surface area contributed by atoms with E-state index >= 15 is 0 Å². The number of alkyl halides is 3. The van der Waals surface area contributed by atoms with Crippen LogP contribution in [0.25, 0.3) is 21.3 Å². The molecule has 0 radical (unpaired) electrons. The number of fused-ring (bicyclic) bond motifs is 1. The molecule has 34 heavy (non-hydrogen) atoms. The molecule has 176 valence electrons. The number of amides is 2. The van der Waals surface area contributed by atoms with E-state index in [0.717, 1.165) is 18.2 Å². The molecule has 3 aromatic heterocycles. The molecule has 3 heterocycles. The minimum atomic E-state index is -4.79. The SMILES string of the molecule is Cc1c(Cl)cnn1CC(=O)Nc1c(C(N)=O)sc2nc(C(F)(F)F)cc(-c3ccc(F)cc3)c12. The average molecular weight is 512 g/mol. The predicted molar refractivity (Wildman–Crippen MR) is 119 cm³/mol. The number of benzene rings is 1. The number of primary amides is 1. The molecule has 4 rings (SSSR count). The van der Waals surface area contributed by atoms with Gasteiger partial charge in [0.25, 0.3) is 5.91 Å². The maximum absolute atomic E-state index is 13.5. The highest BCUT2D eigenvalue weighted by Crippen LogP contribution is 2.43. The number of aromatic nitrogens is 3. The van der Waals surface area contributed by atoms with Gasteiger partial charge in [-0.25, -0.2) is 9.37 Å². The summed E-state index contributed by atoms with van der Waals surface area (Å²) in [6.07, 6.45) is -3.44. The van der Waals surface area contributed by atoms with Crippen LogP contribution in [0.5, 0.6) is 0 Å². The van der Waals surface area contributed by atoms with Crippen molar-refractivity contribution in [3.05, 3.63) is 63.6 Å². The zero-order valence-corrected chi connectivity index (χ0v) is 18.8. The highest BCUT2D eigenvalue weighted by atomic mass is 35.5. The zero-order valence-electron chi connectivity index (χ0n) is 17.2. The van der Waals surface area contributed by atoms with Gasteiger partial charge in [0.05, 0.1) is 22.6 Å². The molecule has 1 aromatic carbocycles. The summed E-state index contributed by atoms with van der Waals surface area (Å²) in [6.45, 7) is 1.36. The lowest BCUT2D eigenvalue weighted by atomic mass is 10.0. The number of carbonyl (C=O) groups excluding carboxylic acids is 2. The summed E-state index contributed by atoms with van der Waals surface area (Å²) in [4.78, 5) is 28.2. The number of pyridine rings is 1. The molecule has 0 saturated heterocycles. The number of nitrogens with two attached hydrogens (primary N) is 1. The van der Waals surface area contributed by atoms with Gasteiger partial charge in [-0.2, -0.15) is 18.3 Å². The van der Waals surface area contributed by atoms with Crippen LogP contribution >= 0.6 is 22.9 Å². The average Bonchev–Trinajstić information content (AvgIpc) is 3.28. The molecule has 0 aliphatic rings. The van der Waals surface area contributed by atoms with E-state index in [9.17, 15) is 27.2 Å². The number of anilines is 1. The van der Waals surface area contributed by atoms with E-state index < -0.39 is 29.5 Å². The monoisotopic (exact) mass is 511 g/mol. The van der Waals surface area contributed by atoms with Crippen molar-refractivity contribution in [3.63, 3.8) is 0 Å². The fourth-order valence-corrected chi connectivity index (χ4v) is 4.44. The van der Waals surface area contributed by atoms with E-state index in [1.54, 1.807) is 6.92 Å². The summed E-state index contributed by atoms with van der Waals surface area (Å²) in [6, 6.07) is 5.51. The van der Waals surface area contributed by atoms with Gasteiger partial charge >= 0.3 is 6.18 Å². The van der Waals surface area contributed by atoms with Crippen LogP contribution in [0.15, 0.2) is 36.5 Å². The molecule has 0 fully saturated rings. The molecule has 13 heteroatoms. The third kappa shape index (κ3) is 4.46. The topological polar surface area (TPSA) is 103 Å². The van der Waals surface area contributed by atoms with Crippen molar-refractivity contribution in [3.8, 4) is 11.1 Å². The summed E-state index contributed by atoms with van der Waals surface area (Å²) in [5, 5.41) is 6.94. The lowest BCUT2D eigenvalue weighted by Gasteiger charge is -2.13. The van der Waals surface area contributed by atoms with Gasteiger partial charge in [0.15, 0.2) is 0 Å². The van der Waals surface area contributed by atoms with E-state index in [1.165, 1.54) is 23.0 Å². The van der Waals surface area contributed by atoms with Crippen LogP contribution in [0.4, 0.5) is 23.2 Å². The number of carbonyl (C=O) groups is 2. The molecule has 7 nitrogen and oxygen atoms in total. The van der Waals surface area contributed by atoms with E-state index in [-0.39, 0.29) is 38.5 Å². The van der Waals surface area contributed by atoms with Gasteiger partial charge in [-0.05, 0) is 36.2 Å². The number of hydrogen-bond acceptors (Lipinski definition) is 5. The third-order valence-corrected chi connectivity index (χ3v) is 6.40. The number of thiophene rings is 1. The number of rotatable bonds is 5. The van der Waals surface area contributed by atoms with Gasteiger partial charge < -0.3 is 11.1 Å². The van der Waals surface area contributed by atoms with Gasteiger partial charge in [0, 0.05) is 5.39 Å². The summed E-state index contributed by atoms with van der Waals surface area (Å²) in [5.41, 5.74) is 4.89. The Bertz CT molecular complexity index is 1430. The van der Waals surface area contributed by atoms with Crippen LogP contribution in [0.2, 0.25) is 5.02 Å². The van der Waals surface area contributed by atoms with Crippen molar-refractivity contribution in [1.82, 2.24) is 14.8 Å². The fourth-order valence-electron chi connectivity index (χ4n) is 3.29. The van der Waals surface area contributed by atoms with Gasteiger partial charge in [-0.3, -0.25) is 14.3 Å². The molecule has 0 aliphatic heterocycles. The highest BCUT2D eigenvalue weighted by Gasteiger charge is 2.35. The molecule has 0 unspecified atom stereocenters. The van der Waals surface area contributed by atoms with Crippen LogP contribution in [0.3, 0.4) is 0 Å². The van der Waals surface area contributed by atoms with Crippen LogP contribution in [0.1, 0.15) is 21.1 Å². The molecule has 2 amide bonds. The Morgan fingerprint density at radius 2 is 1.91 bits per heavy atom. The van der Waals surface area contributed by atoms with Crippen LogP contribution in [-0.2, 0) is 17.5 Å². The smallest absolute Gasteiger partial charge is 0.365 e. The third-order valence-electron chi connectivity index (χ3n) is 4.93. The summed E-state index contributed by atoms with van der Waals surface area (Å²) in [5.74, 6) is -2.18. The van der Waals surface area contributed by atoms with Crippen molar-refractivity contribution in [2.45, 2.75) is 19.6 Å². The largest absolute Gasteiger partial charge is 0.433 e. The summed E-state index contributed by atoms with van der Waals surface area (Å²) in [7, 11) is 0. The van der Waals surface area contributed by atoms with Gasteiger partial charge in [-0.15, -0.1) is 11.3 Å². The fraction of sp³-hybridized carbons (Fsp3) is 0.143. The first-order valence-electron chi connectivity index (χ1n) is 9.54. The molecule has 3 N–H and O–H groups in total. The van der Waals surface area contributed by atoms with E-state index in [4.69, 9.17) is 17.3 Å². The van der Waals surface area contributed by atoms with Gasteiger partial charge in [0.2, 0.25) is 5.91 Å². The standard InChI is InChI=1S/C21H14ClF4N5O2S/c1-9-13(22)7-28-31(9)8-15(32)30-17-16-12(10-2-4-11(23)5-3-10)6-14(21(24,25)26)29-20(16)34-18(17)19(27)33/h2-7H,8H2,1H3,(H2,27,33)(H,30,32). The number of hydrogen-bond donors (Lipinski definition) is 2. The van der Waals surface area contributed by atoms with Crippen molar-refractivity contribution in [2.24, 2.45) is 5.73 Å². The van der Waals surface area contributed by atoms with Crippen LogP contribution < -0.4 is 11.1 Å². The van der Waals surface area contributed by atoms with Crippen LogP contribution in [-0.4, -0.2) is 26.6 Å². The molecule has 0 spiro atoms. The first-order valence-corrected chi connectivity index (χ1v) is 10.7. The maximum atomic E-state index is 13.5. The minimum absolute atomic E-state index is 0.00492. The van der Waals surface area contributed by atoms with E-state index in [2.05, 4.69) is 15.4 Å². The van der Waals surface area contributed by atoms with Gasteiger partial charge in [0.1, 0.15) is 27.8 Å². The maximum Gasteiger partial charge on any atom is 0.433 e. The molecular formula is C21H14ClF4N5O2S. The summed E-state index contributed by atoms with van der Waals surface area (Å²) >= 11 is 6.56. The molecule has 0 saturated carbocycles. The molecule has 0 bridgehead atoms. The summed E-state index contributed by atoms with van der Waals surface area (Å²) < 4.78 is 55.4. The number of halogens is 5. The minimum Gasteiger partial charge on any atom is -0.365 e. The number of nitrogens with one attached hydrogen (secondary N) is 1. The van der Waals surface area contributed by atoms with Crippen molar-refractivity contribution < 1.29 is 27.2 Å². The molecule has 0 aliphatic carbocycles. The Kier molecular flexibility index (Phi) is 6.04. The highest BCUT2D eigenvalue weighted by molar-refractivity contribution is 7.21. The normalized spacial score (nSPS) is 11.7. The zero-order chi connectivity index (χ0) is 24.8. The second-order valence-electron chi connectivity index (χ2n) is 7.19. The lowest BCUT2D eigenvalue weighted by Crippen LogP contribution is -2.22. The molecule has 4 aromatic rings. The Hall–Kier alpha value is -3.51. The second-order valence-corrected chi connectivity index (χ2v) is 8.60. The lowest BCUT2D eigenvalue weighted by molar-refractivity contribution is -0.140. The first kappa shape index (κ1) is 23.6.